The smallest absolute Gasteiger partial charge is 0.249 e. The topological polar surface area (TPSA) is 57.6 Å². The Bertz CT molecular complexity index is 393. The molecule has 0 fully saturated rings. The van der Waals surface area contributed by atoms with Crippen LogP contribution in [0.1, 0.15) is 13.8 Å². The zero-order valence-electron chi connectivity index (χ0n) is 8.73. The van der Waals surface area contributed by atoms with Gasteiger partial charge in [-0.15, -0.1) is 0 Å². The molecular formula is C11H13NO3. The van der Waals surface area contributed by atoms with E-state index in [2.05, 4.69) is 0 Å². The van der Waals surface area contributed by atoms with Gasteiger partial charge in [-0.25, -0.2) is 0 Å². The normalized spacial score (nSPS) is 25.6. The molecule has 0 saturated heterocycles. The van der Waals surface area contributed by atoms with Crippen molar-refractivity contribution in [3.63, 3.8) is 0 Å². The molecule has 0 aromatic carbocycles. The third-order valence-corrected chi connectivity index (χ3v) is 2.77. The Morgan fingerprint density at radius 3 is 2.67 bits per heavy atom. The Morgan fingerprint density at radius 2 is 2.07 bits per heavy atom. The summed E-state index contributed by atoms with van der Waals surface area (Å²) in [6.07, 6.45) is 2.12. The molecule has 80 valence electrons. The van der Waals surface area contributed by atoms with Gasteiger partial charge < -0.3 is 10.0 Å². The number of aliphatic hydroxyl groups is 1. The van der Waals surface area contributed by atoms with Gasteiger partial charge >= 0.3 is 0 Å². The minimum atomic E-state index is -0.657. The lowest BCUT2D eigenvalue weighted by atomic mass is 10.00. The number of nitrogens with zero attached hydrogens (tertiary/aromatic N) is 1. The van der Waals surface area contributed by atoms with Crippen molar-refractivity contribution in [2.45, 2.75) is 26.0 Å². The molecule has 4 nitrogen and oxygen atoms in total. The van der Waals surface area contributed by atoms with Crippen molar-refractivity contribution in [2.75, 3.05) is 6.54 Å². The second-order valence-corrected chi connectivity index (χ2v) is 4.09. The summed E-state index contributed by atoms with van der Waals surface area (Å²) in [5.41, 5.74) is 0.957. The summed E-state index contributed by atoms with van der Waals surface area (Å²) in [7, 11) is 0. The van der Waals surface area contributed by atoms with E-state index in [4.69, 9.17) is 0 Å². The monoisotopic (exact) mass is 207 g/mol. The summed E-state index contributed by atoms with van der Waals surface area (Å²) < 4.78 is 0. The lowest BCUT2D eigenvalue weighted by Gasteiger charge is -2.25. The van der Waals surface area contributed by atoms with Crippen molar-refractivity contribution in [3.8, 4) is 0 Å². The van der Waals surface area contributed by atoms with Crippen molar-refractivity contribution in [1.29, 1.82) is 0 Å². The van der Waals surface area contributed by atoms with E-state index in [1.807, 2.05) is 13.8 Å². The minimum absolute atomic E-state index is 0.107. The Hall–Kier alpha value is -1.42. The Balaban J connectivity index is 2.46. The first kappa shape index (κ1) is 10.1. The molecular weight excluding hydrogens is 194 g/mol. The van der Waals surface area contributed by atoms with Gasteiger partial charge in [-0.3, -0.25) is 9.59 Å². The maximum Gasteiger partial charge on any atom is 0.249 e. The maximum atomic E-state index is 11.7. The SMILES string of the molecule is CC(C)N1CC(O)C2=C1C(=O)C(=O)C=C2. The zero-order valence-corrected chi connectivity index (χ0v) is 8.73. The number of hydrogen-bond donors (Lipinski definition) is 1. The van der Waals surface area contributed by atoms with Gasteiger partial charge in [0.1, 0.15) is 0 Å². The van der Waals surface area contributed by atoms with Gasteiger partial charge in [-0.05, 0) is 19.9 Å². The highest BCUT2D eigenvalue weighted by atomic mass is 16.3. The van der Waals surface area contributed by atoms with Gasteiger partial charge in [0.25, 0.3) is 0 Å². The average molecular weight is 207 g/mol. The molecule has 0 aromatic rings. The van der Waals surface area contributed by atoms with Crippen LogP contribution in [0.3, 0.4) is 0 Å². The van der Waals surface area contributed by atoms with E-state index < -0.39 is 17.7 Å². The number of aliphatic hydroxyl groups excluding tert-OH is 1. The van der Waals surface area contributed by atoms with Crippen LogP contribution < -0.4 is 0 Å². The molecule has 2 rings (SSSR count). The molecule has 1 aliphatic carbocycles. The van der Waals surface area contributed by atoms with E-state index in [-0.39, 0.29) is 6.04 Å². The Labute approximate surface area is 87.9 Å². The molecule has 0 radical (unpaired) electrons. The predicted molar refractivity (Wildman–Crippen MR) is 54.0 cm³/mol. The van der Waals surface area contributed by atoms with Crippen LogP contribution in [0.4, 0.5) is 0 Å². The van der Waals surface area contributed by atoms with Crippen LogP contribution in [0.2, 0.25) is 0 Å². The average Bonchev–Trinajstić information content (AvgIpc) is 2.50. The van der Waals surface area contributed by atoms with Gasteiger partial charge in [0, 0.05) is 18.2 Å². The largest absolute Gasteiger partial charge is 0.386 e. The number of Topliss-reactive ketones (excluding diaryl/α,β-unsaturated/α-hetero) is 1. The summed E-state index contributed by atoms with van der Waals surface area (Å²) in [4.78, 5) is 24.7. The highest BCUT2D eigenvalue weighted by Gasteiger charge is 2.38. The number of hydrogen-bond acceptors (Lipinski definition) is 4. The van der Waals surface area contributed by atoms with Crippen LogP contribution >= 0.6 is 0 Å². The second-order valence-electron chi connectivity index (χ2n) is 4.09. The molecule has 1 heterocycles. The lowest BCUT2D eigenvalue weighted by Crippen LogP contribution is -2.34. The third kappa shape index (κ3) is 1.41. The van der Waals surface area contributed by atoms with Gasteiger partial charge in [-0.2, -0.15) is 0 Å². The highest BCUT2D eigenvalue weighted by molar-refractivity contribution is 6.48. The molecule has 0 amide bonds. The molecule has 0 aromatic heterocycles. The molecule has 2 aliphatic rings. The molecule has 1 N–H and O–H groups in total. The summed E-state index contributed by atoms with van der Waals surface area (Å²) >= 11 is 0. The van der Waals surface area contributed by atoms with Crippen LogP contribution in [0, 0.1) is 0 Å². The lowest BCUT2D eigenvalue weighted by molar-refractivity contribution is -0.132. The van der Waals surface area contributed by atoms with E-state index in [1.54, 1.807) is 11.0 Å². The van der Waals surface area contributed by atoms with Crippen molar-refractivity contribution in [1.82, 2.24) is 4.90 Å². The fourth-order valence-electron chi connectivity index (χ4n) is 1.98. The first-order valence-corrected chi connectivity index (χ1v) is 4.98. The number of β-amino-alcohol motifs (C(OH)–C–C–N with tert-alkyl or cyclic N) is 1. The highest BCUT2D eigenvalue weighted by Crippen LogP contribution is 2.29. The molecule has 4 heteroatoms. The third-order valence-electron chi connectivity index (χ3n) is 2.77. The fourth-order valence-corrected chi connectivity index (χ4v) is 1.98. The number of allylic oxidation sites excluding steroid dienone is 2. The Morgan fingerprint density at radius 1 is 1.40 bits per heavy atom. The Kier molecular flexibility index (Phi) is 2.23. The van der Waals surface area contributed by atoms with Crippen molar-refractivity contribution in [3.05, 3.63) is 23.4 Å². The first-order valence-electron chi connectivity index (χ1n) is 4.98. The van der Waals surface area contributed by atoms with E-state index in [1.165, 1.54) is 6.08 Å². The van der Waals surface area contributed by atoms with E-state index in [0.29, 0.717) is 17.8 Å². The molecule has 0 bridgehead atoms. The van der Waals surface area contributed by atoms with Crippen molar-refractivity contribution in [2.24, 2.45) is 0 Å². The zero-order chi connectivity index (χ0) is 11.2. The summed E-state index contributed by atoms with van der Waals surface area (Å²) in [6, 6.07) is 0.107. The van der Waals surface area contributed by atoms with E-state index >= 15 is 0 Å². The second kappa shape index (κ2) is 3.31. The fraction of sp³-hybridized carbons (Fsp3) is 0.455. The molecule has 15 heavy (non-hydrogen) atoms. The van der Waals surface area contributed by atoms with Crippen LogP contribution in [-0.4, -0.2) is 40.3 Å². The first-order chi connectivity index (χ1) is 7.02. The van der Waals surface area contributed by atoms with Crippen LogP contribution in [0.25, 0.3) is 0 Å². The summed E-state index contributed by atoms with van der Waals surface area (Å²) in [5.74, 6) is -1.01. The molecule has 1 atom stereocenters. The van der Waals surface area contributed by atoms with Gasteiger partial charge in [0.2, 0.25) is 11.6 Å². The number of ketones is 2. The van der Waals surface area contributed by atoms with Crippen molar-refractivity contribution >= 4 is 11.6 Å². The van der Waals surface area contributed by atoms with Crippen LogP contribution in [0.15, 0.2) is 23.4 Å². The van der Waals surface area contributed by atoms with Gasteiger partial charge in [-0.1, -0.05) is 6.08 Å². The number of carbonyl (C=O) groups excluding carboxylic acids is 2. The molecule has 0 spiro atoms. The molecule has 1 unspecified atom stereocenters. The van der Waals surface area contributed by atoms with Gasteiger partial charge in [0.15, 0.2) is 0 Å². The standard InChI is InChI=1S/C11H13NO3/c1-6(2)12-5-9(14)7-3-4-8(13)11(15)10(7)12/h3-4,6,9,14H,5H2,1-2H3. The predicted octanol–water partition coefficient (Wildman–Crippen LogP) is 0.0334. The van der Waals surface area contributed by atoms with Crippen LogP contribution in [-0.2, 0) is 9.59 Å². The van der Waals surface area contributed by atoms with E-state index in [9.17, 15) is 14.7 Å². The number of rotatable bonds is 1. The summed E-state index contributed by atoms with van der Waals surface area (Å²) in [6.45, 7) is 4.25. The van der Waals surface area contributed by atoms with E-state index in [0.717, 1.165) is 0 Å². The number of carbonyl (C=O) groups is 2. The van der Waals surface area contributed by atoms with Crippen molar-refractivity contribution < 1.29 is 14.7 Å². The quantitative estimate of drug-likeness (QED) is 0.487. The maximum absolute atomic E-state index is 11.7. The van der Waals surface area contributed by atoms with Gasteiger partial charge in [0.05, 0.1) is 11.8 Å². The summed E-state index contributed by atoms with van der Waals surface area (Å²) in [5, 5.41) is 9.73. The van der Waals surface area contributed by atoms with Crippen LogP contribution in [0.5, 0.6) is 0 Å². The molecule has 0 saturated carbocycles. The minimum Gasteiger partial charge on any atom is -0.386 e. The molecule has 1 aliphatic heterocycles.